The van der Waals surface area contributed by atoms with E-state index in [1.165, 1.54) is 12.3 Å². The molecular formula is C23H27F3N2O2. The zero-order chi connectivity index (χ0) is 21.3. The van der Waals surface area contributed by atoms with Crippen LogP contribution in [0.2, 0.25) is 0 Å². The number of hydrogen-bond donors (Lipinski definition) is 0. The van der Waals surface area contributed by atoms with Crippen molar-refractivity contribution in [1.29, 1.82) is 0 Å². The molecule has 1 saturated carbocycles. The highest BCUT2D eigenvalue weighted by atomic mass is 19.4. The van der Waals surface area contributed by atoms with Gasteiger partial charge in [-0.25, -0.2) is 4.98 Å². The fourth-order valence-corrected chi connectivity index (χ4v) is 4.50. The average molecular weight is 420 g/mol. The largest absolute Gasteiger partial charge is 0.490 e. The summed E-state index contributed by atoms with van der Waals surface area (Å²) in [6.45, 7) is 6.26. The zero-order valence-electron chi connectivity index (χ0n) is 17.3. The van der Waals surface area contributed by atoms with Gasteiger partial charge in [-0.3, -0.25) is 0 Å². The third-order valence-corrected chi connectivity index (χ3v) is 5.97. The van der Waals surface area contributed by atoms with Crippen LogP contribution in [0.3, 0.4) is 0 Å². The van der Waals surface area contributed by atoms with Gasteiger partial charge in [-0.2, -0.15) is 13.2 Å². The molecule has 7 heteroatoms. The summed E-state index contributed by atoms with van der Waals surface area (Å²) in [5, 5.41) is 0. The van der Waals surface area contributed by atoms with Crippen LogP contribution in [0, 0.1) is 18.8 Å². The summed E-state index contributed by atoms with van der Waals surface area (Å²) in [6, 6.07) is 8.59. The van der Waals surface area contributed by atoms with Crippen molar-refractivity contribution in [3.63, 3.8) is 0 Å². The molecule has 30 heavy (non-hydrogen) atoms. The maximum absolute atomic E-state index is 12.8. The van der Waals surface area contributed by atoms with Crippen molar-refractivity contribution < 1.29 is 22.6 Å². The van der Waals surface area contributed by atoms with Gasteiger partial charge in [0.05, 0.1) is 18.5 Å². The number of ether oxygens (including phenoxy) is 2. The van der Waals surface area contributed by atoms with Crippen LogP contribution >= 0.6 is 0 Å². The Bertz CT molecular complexity index is 856. The number of aryl methyl sites for hydroxylation is 1. The molecule has 162 valence electrons. The second-order valence-corrected chi connectivity index (χ2v) is 8.28. The van der Waals surface area contributed by atoms with Gasteiger partial charge < -0.3 is 14.4 Å². The Kier molecular flexibility index (Phi) is 5.80. The lowest BCUT2D eigenvalue weighted by molar-refractivity contribution is -0.141. The number of anilines is 1. The van der Waals surface area contributed by atoms with E-state index in [0.717, 1.165) is 61.2 Å². The Morgan fingerprint density at radius 1 is 1.07 bits per heavy atom. The van der Waals surface area contributed by atoms with Gasteiger partial charge in [0.15, 0.2) is 11.5 Å². The average Bonchev–Trinajstić information content (AvgIpc) is 2.94. The predicted octanol–water partition coefficient (Wildman–Crippen LogP) is 5.49. The summed E-state index contributed by atoms with van der Waals surface area (Å²) < 4.78 is 50.7. The second-order valence-electron chi connectivity index (χ2n) is 8.28. The third kappa shape index (κ3) is 4.35. The van der Waals surface area contributed by atoms with Crippen LogP contribution in [0.25, 0.3) is 0 Å². The molecule has 2 aliphatic rings. The highest BCUT2D eigenvalue weighted by molar-refractivity contribution is 5.47. The summed E-state index contributed by atoms with van der Waals surface area (Å²) in [7, 11) is 0. The first-order valence-corrected chi connectivity index (χ1v) is 10.5. The van der Waals surface area contributed by atoms with Crippen LogP contribution in [0.15, 0.2) is 36.5 Å². The van der Waals surface area contributed by atoms with Gasteiger partial charge in [0.25, 0.3) is 0 Å². The molecular weight excluding hydrogens is 393 g/mol. The monoisotopic (exact) mass is 420 g/mol. The van der Waals surface area contributed by atoms with E-state index in [1.54, 1.807) is 0 Å². The summed E-state index contributed by atoms with van der Waals surface area (Å²) in [5.74, 6) is 2.21. The lowest BCUT2D eigenvalue weighted by Crippen LogP contribution is -2.47. The number of hydrogen-bond acceptors (Lipinski definition) is 4. The standard InChI is InChI=1S/C23H27F3N2O2/c1-3-10-29-20-11-15(2)4-8-19(20)30-22-16-5-6-17(22)14-28(13-16)18-7-9-21(27-12-18)23(24,25)26/h4,7-9,11-12,16-17,22H,3,5-6,10,13-14H2,1-2H3/t16-,17+,22?. The third-order valence-electron chi connectivity index (χ3n) is 5.97. The normalized spacial score (nSPS) is 23.5. The van der Waals surface area contributed by atoms with E-state index in [2.05, 4.69) is 16.8 Å². The van der Waals surface area contributed by atoms with E-state index in [4.69, 9.17) is 9.47 Å². The predicted molar refractivity (Wildman–Crippen MR) is 109 cm³/mol. The molecule has 0 radical (unpaired) electrons. The van der Waals surface area contributed by atoms with E-state index < -0.39 is 11.9 Å². The maximum atomic E-state index is 12.8. The minimum Gasteiger partial charge on any atom is -0.490 e. The van der Waals surface area contributed by atoms with Crippen LogP contribution in [-0.2, 0) is 6.18 Å². The highest BCUT2D eigenvalue weighted by Gasteiger charge is 2.44. The molecule has 4 rings (SSSR count). The number of nitrogens with zero attached hydrogens (tertiary/aromatic N) is 2. The van der Waals surface area contributed by atoms with E-state index >= 15 is 0 Å². The molecule has 1 aliphatic carbocycles. The minimum absolute atomic E-state index is 0.0929. The van der Waals surface area contributed by atoms with Crippen LogP contribution in [-0.4, -0.2) is 30.8 Å². The molecule has 2 bridgehead atoms. The van der Waals surface area contributed by atoms with Crippen LogP contribution < -0.4 is 14.4 Å². The van der Waals surface area contributed by atoms with Crippen molar-refractivity contribution in [2.24, 2.45) is 11.8 Å². The Morgan fingerprint density at radius 2 is 1.80 bits per heavy atom. The van der Waals surface area contributed by atoms with Crippen molar-refractivity contribution in [3.05, 3.63) is 47.8 Å². The van der Waals surface area contributed by atoms with Gasteiger partial charge in [0, 0.05) is 24.9 Å². The Hall–Kier alpha value is -2.44. The number of alkyl halides is 3. The molecule has 2 aromatic rings. The Balaban J connectivity index is 1.46. The Morgan fingerprint density at radius 3 is 2.40 bits per heavy atom. The summed E-state index contributed by atoms with van der Waals surface area (Å²) in [4.78, 5) is 5.75. The number of halogens is 3. The van der Waals surface area contributed by atoms with Crippen LogP contribution in [0.1, 0.15) is 37.4 Å². The van der Waals surface area contributed by atoms with Crippen molar-refractivity contribution in [2.45, 2.75) is 45.4 Å². The molecule has 3 atom stereocenters. The van der Waals surface area contributed by atoms with Crippen molar-refractivity contribution >= 4 is 5.69 Å². The summed E-state index contributed by atoms with van der Waals surface area (Å²) in [6.07, 6.45) is 0.0474. The number of pyridine rings is 1. The molecule has 4 nitrogen and oxygen atoms in total. The molecule has 1 aromatic carbocycles. The summed E-state index contributed by atoms with van der Waals surface area (Å²) >= 11 is 0. The smallest absolute Gasteiger partial charge is 0.433 e. The highest BCUT2D eigenvalue weighted by Crippen LogP contribution is 2.42. The molecule has 0 spiro atoms. The van der Waals surface area contributed by atoms with Gasteiger partial charge in [-0.15, -0.1) is 0 Å². The lowest BCUT2D eigenvalue weighted by Gasteiger charge is -2.39. The zero-order valence-corrected chi connectivity index (χ0v) is 17.3. The first-order chi connectivity index (χ1) is 14.3. The molecule has 2 heterocycles. The lowest BCUT2D eigenvalue weighted by atomic mass is 9.94. The van der Waals surface area contributed by atoms with Crippen molar-refractivity contribution in [3.8, 4) is 11.5 Å². The molecule has 2 fully saturated rings. The van der Waals surface area contributed by atoms with Gasteiger partial charge >= 0.3 is 6.18 Å². The topological polar surface area (TPSA) is 34.6 Å². The van der Waals surface area contributed by atoms with Gasteiger partial charge in [0.1, 0.15) is 11.8 Å². The number of aromatic nitrogens is 1. The first-order valence-electron chi connectivity index (χ1n) is 10.5. The maximum Gasteiger partial charge on any atom is 0.433 e. The SMILES string of the molecule is CCCOc1cc(C)ccc1OC1[C@@H]2CC[C@H]1CN(c1ccc(C(F)(F)F)nc1)C2. The van der Waals surface area contributed by atoms with E-state index in [1.807, 2.05) is 25.1 Å². The molecule has 0 N–H and O–H groups in total. The molecule has 1 aliphatic heterocycles. The van der Waals surface area contributed by atoms with Crippen molar-refractivity contribution in [1.82, 2.24) is 4.98 Å². The van der Waals surface area contributed by atoms with Crippen LogP contribution in [0.5, 0.6) is 11.5 Å². The van der Waals surface area contributed by atoms with Gasteiger partial charge in [0.2, 0.25) is 0 Å². The number of rotatable bonds is 6. The first kappa shape index (κ1) is 20.8. The number of fused-ring (bicyclic) bond motifs is 2. The summed E-state index contributed by atoms with van der Waals surface area (Å²) in [5.41, 5.74) is 1.01. The Labute approximate surface area is 175 Å². The van der Waals surface area contributed by atoms with E-state index in [9.17, 15) is 13.2 Å². The van der Waals surface area contributed by atoms with E-state index in [-0.39, 0.29) is 6.10 Å². The van der Waals surface area contributed by atoms with Gasteiger partial charge in [-0.1, -0.05) is 13.0 Å². The fourth-order valence-electron chi connectivity index (χ4n) is 4.50. The van der Waals surface area contributed by atoms with Gasteiger partial charge in [-0.05, 0) is 56.0 Å². The molecule has 1 saturated heterocycles. The van der Waals surface area contributed by atoms with E-state index in [0.29, 0.717) is 18.4 Å². The van der Waals surface area contributed by atoms with Crippen molar-refractivity contribution in [2.75, 3.05) is 24.6 Å². The van der Waals surface area contributed by atoms with Crippen LogP contribution in [0.4, 0.5) is 18.9 Å². The number of benzene rings is 1. The molecule has 0 amide bonds. The second kappa shape index (κ2) is 8.36. The molecule has 1 aromatic heterocycles. The quantitative estimate of drug-likeness (QED) is 0.619. The molecule has 1 unspecified atom stereocenters. The fraction of sp³-hybridized carbons (Fsp3) is 0.522. The number of piperidine rings is 1. The minimum atomic E-state index is -4.41.